The van der Waals surface area contributed by atoms with Crippen LogP contribution in [0.1, 0.15) is 5.56 Å². The fraction of sp³-hybridized carbons (Fsp3) is 0.154. The Morgan fingerprint density at radius 2 is 2.17 bits per heavy atom. The monoisotopic (exact) mass is 243 g/mol. The molecule has 0 bridgehead atoms. The van der Waals surface area contributed by atoms with Gasteiger partial charge in [-0.25, -0.2) is 14.5 Å². The fourth-order valence-corrected chi connectivity index (χ4v) is 1.54. The van der Waals surface area contributed by atoms with Crippen LogP contribution in [0, 0.1) is 0 Å². The van der Waals surface area contributed by atoms with E-state index in [0.717, 1.165) is 5.56 Å². The molecule has 1 aromatic heterocycles. The van der Waals surface area contributed by atoms with Crippen LogP contribution >= 0.6 is 0 Å². The van der Waals surface area contributed by atoms with Gasteiger partial charge in [-0.15, -0.1) is 0 Å². The van der Waals surface area contributed by atoms with Crippen molar-refractivity contribution in [2.24, 2.45) is 0 Å². The summed E-state index contributed by atoms with van der Waals surface area (Å²) in [6.45, 7) is 0.335. The normalized spacial score (nSPS) is 11.3. The van der Waals surface area contributed by atoms with E-state index < -0.39 is 0 Å². The van der Waals surface area contributed by atoms with Crippen molar-refractivity contribution in [2.45, 2.75) is 6.54 Å². The number of carbonyl (C=O) groups is 1. The van der Waals surface area contributed by atoms with Crippen molar-refractivity contribution in [2.75, 3.05) is 7.11 Å². The third-order valence-electron chi connectivity index (χ3n) is 2.39. The number of hydrogen-bond acceptors (Lipinski definition) is 4. The first-order valence-corrected chi connectivity index (χ1v) is 5.46. The van der Waals surface area contributed by atoms with Crippen LogP contribution in [0.15, 0.2) is 48.6 Å². The third kappa shape index (κ3) is 3.04. The van der Waals surface area contributed by atoms with Gasteiger partial charge in [0, 0.05) is 0 Å². The lowest BCUT2D eigenvalue weighted by molar-refractivity contribution is -0.136. The summed E-state index contributed by atoms with van der Waals surface area (Å²) in [5.41, 5.74) is 1.47. The minimum atomic E-state index is -0.366. The van der Waals surface area contributed by atoms with E-state index in [4.69, 9.17) is 4.74 Å². The molecule has 5 heteroatoms. The molecule has 0 atom stereocenters. The first kappa shape index (κ1) is 12.0. The van der Waals surface area contributed by atoms with Gasteiger partial charge in [0.1, 0.15) is 12.7 Å². The number of rotatable bonds is 4. The highest BCUT2D eigenvalue weighted by Crippen LogP contribution is 2.09. The first-order chi connectivity index (χ1) is 8.79. The lowest BCUT2D eigenvalue weighted by Crippen LogP contribution is -2.12. The Morgan fingerprint density at radius 3 is 2.78 bits per heavy atom. The second-order valence-corrected chi connectivity index (χ2v) is 3.66. The van der Waals surface area contributed by atoms with Gasteiger partial charge in [-0.2, -0.15) is 5.10 Å². The summed E-state index contributed by atoms with van der Waals surface area (Å²) in [5, 5.41) is 3.97. The van der Waals surface area contributed by atoms with E-state index in [-0.39, 0.29) is 5.97 Å². The Balaban J connectivity index is 2.25. The highest BCUT2D eigenvalue weighted by atomic mass is 16.5. The van der Waals surface area contributed by atoms with Gasteiger partial charge in [-0.1, -0.05) is 30.3 Å². The molecule has 2 rings (SSSR count). The van der Waals surface area contributed by atoms with Gasteiger partial charge in [0.15, 0.2) is 0 Å². The van der Waals surface area contributed by atoms with Crippen molar-refractivity contribution in [1.82, 2.24) is 14.8 Å². The number of methoxy groups -OCH3 is 1. The van der Waals surface area contributed by atoms with E-state index in [9.17, 15) is 4.79 Å². The third-order valence-corrected chi connectivity index (χ3v) is 2.39. The Labute approximate surface area is 105 Å². The maximum atomic E-state index is 11.7. The van der Waals surface area contributed by atoms with Crippen molar-refractivity contribution in [3.05, 3.63) is 54.1 Å². The molecule has 0 aliphatic carbocycles. The number of ether oxygens (including phenoxy) is 1. The van der Waals surface area contributed by atoms with Crippen molar-refractivity contribution in [3.63, 3.8) is 0 Å². The molecular weight excluding hydrogens is 230 g/mol. The van der Waals surface area contributed by atoms with Crippen LogP contribution in [-0.2, 0) is 16.1 Å². The van der Waals surface area contributed by atoms with Gasteiger partial charge in [-0.3, -0.25) is 0 Å². The van der Waals surface area contributed by atoms with E-state index in [0.29, 0.717) is 12.1 Å². The quantitative estimate of drug-likeness (QED) is 0.603. The van der Waals surface area contributed by atoms with Crippen LogP contribution in [0.3, 0.4) is 0 Å². The lowest BCUT2D eigenvalue weighted by atomic mass is 10.1. The Bertz CT molecular complexity index is 533. The summed E-state index contributed by atoms with van der Waals surface area (Å²) in [6, 6.07) is 9.59. The van der Waals surface area contributed by atoms with Gasteiger partial charge >= 0.3 is 5.97 Å². The minimum absolute atomic E-state index is 0.335. The molecule has 5 nitrogen and oxygen atoms in total. The molecule has 0 N–H and O–H groups in total. The van der Waals surface area contributed by atoms with Crippen molar-refractivity contribution in [1.29, 1.82) is 0 Å². The van der Waals surface area contributed by atoms with E-state index in [2.05, 4.69) is 10.1 Å². The highest BCUT2D eigenvalue weighted by Gasteiger charge is 2.10. The van der Waals surface area contributed by atoms with E-state index in [1.807, 2.05) is 30.3 Å². The Morgan fingerprint density at radius 1 is 1.39 bits per heavy atom. The number of esters is 1. The second kappa shape index (κ2) is 5.77. The Kier molecular flexibility index (Phi) is 3.86. The molecule has 0 spiro atoms. The molecule has 0 unspecified atom stereocenters. The average Bonchev–Trinajstić information content (AvgIpc) is 2.91. The fourth-order valence-electron chi connectivity index (χ4n) is 1.54. The number of nitrogens with zero attached hydrogens (tertiary/aromatic N) is 3. The molecule has 0 aliphatic rings. The summed E-state index contributed by atoms with van der Waals surface area (Å²) in [4.78, 5) is 15.5. The largest absolute Gasteiger partial charge is 0.466 e. The highest BCUT2D eigenvalue weighted by molar-refractivity contribution is 5.93. The Hall–Kier alpha value is -2.43. The second-order valence-electron chi connectivity index (χ2n) is 3.66. The van der Waals surface area contributed by atoms with Gasteiger partial charge in [0.05, 0.1) is 19.2 Å². The SMILES string of the molecule is COC(=O)/C(=C/c1ccccc1)Cn1cncn1. The molecule has 0 aliphatic heterocycles. The van der Waals surface area contributed by atoms with E-state index >= 15 is 0 Å². The van der Waals surface area contributed by atoms with Crippen LogP contribution < -0.4 is 0 Å². The van der Waals surface area contributed by atoms with Gasteiger partial charge in [-0.05, 0) is 11.6 Å². The smallest absolute Gasteiger partial charge is 0.335 e. The van der Waals surface area contributed by atoms with E-state index in [1.54, 1.807) is 17.1 Å². The maximum Gasteiger partial charge on any atom is 0.335 e. The minimum Gasteiger partial charge on any atom is -0.466 e. The van der Waals surface area contributed by atoms with Gasteiger partial charge in [0.25, 0.3) is 0 Å². The number of benzene rings is 1. The molecule has 2 aromatic rings. The van der Waals surface area contributed by atoms with Crippen LogP contribution in [0.25, 0.3) is 6.08 Å². The van der Waals surface area contributed by atoms with E-state index in [1.165, 1.54) is 13.4 Å². The zero-order valence-electron chi connectivity index (χ0n) is 9.98. The molecule has 0 radical (unpaired) electrons. The molecule has 0 saturated heterocycles. The standard InChI is InChI=1S/C13H13N3O2/c1-18-13(17)12(8-16-10-14-9-15-16)7-11-5-3-2-4-6-11/h2-7,9-10H,8H2,1H3/b12-7+. The molecular formula is C13H13N3O2. The molecule has 0 fully saturated rings. The maximum absolute atomic E-state index is 11.7. The van der Waals surface area contributed by atoms with Crippen LogP contribution in [0.4, 0.5) is 0 Å². The number of aromatic nitrogens is 3. The number of hydrogen-bond donors (Lipinski definition) is 0. The van der Waals surface area contributed by atoms with Crippen LogP contribution in [0.2, 0.25) is 0 Å². The first-order valence-electron chi connectivity index (χ1n) is 5.46. The summed E-state index contributed by atoms with van der Waals surface area (Å²) in [5.74, 6) is -0.366. The predicted molar refractivity (Wildman–Crippen MR) is 66.5 cm³/mol. The molecule has 1 heterocycles. The van der Waals surface area contributed by atoms with Crippen molar-refractivity contribution in [3.8, 4) is 0 Å². The molecule has 18 heavy (non-hydrogen) atoms. The zero-order valence-corrected chi connectivity index (χ0v) is 9.98. The molecule has 0 saturated carbocycles. The van der Waals surface area contributed by atoms with Gasteiger partial charge < -0.3 is 4.74 Å². The zero-order chi connectivity index (χ0) is 12.8. The summed E-state index contributed by atoms with van der Waals surface area (Å²) in [7, 11) is 1.36. The summed E-state index contributed by atoms with van der Waals surface area (Å²) < 4.78 is 6.34. The predicted octanol–water partition coefficient (Wildman–Crippen LogP) is 1.53. The van der Waals surface area contributed by atoms with Gasteiger partial charge in [0.2, 0.25) is 0 Å². The number of carbonyl (C=O) groups excluding carboxylic acids is 1. The van der Waals surface area contributed by atoms with Crippen LogP contribution in [0.5, 0.6) is 0 Å². The molecule has 92 valence electrons. The summed E-state index contributed by atoms with van der Waals surface area (Å²) in [6.07, 6.45) is 4.77. The van der Waals surface area contributed by atoms with Crippen LogP contribution in [-0.4, -0.2) is 27.8 Å². The summed E-state index contributed by atoms with van der Waals surface area (Å²) >= 11 is 0. The molecule has 0 amide bonds. The van der Waals surface area contributed by atoms with Crippen molar-refractivity contribution >= 4 is 12.0 Å². The van der Waals surface area contributed by atoms with Crippen molar-refractivity contribution < 1.29 is 9.53 Å². The average molecular weight is 243 g/mol. The molecule has 1 aromatic carbocycles. The lowest BCUT2D eigenvalue weighted by Gasteiger charge is -2.05. The topological polar surface area (TPSA) is 57.0 Å².